The van der Waals surface area contributed by atoms with Crippen LogP contribution in [0.5, 0.6) is 0 Å². The third kappa shape index (κ3) is 3.89. The van der Waals surface area contributed by atoms with Crippen LogP contribution in [0.2, 0.25) is 5.02 Å². The Labute approximate surface area is 112 Å². The zero-order valence-corrected chi connectivity index (χ0v) is 10.9. The predicted octanol–water partition coefficient (Wildman–Crippen LogP) is 2.05. The van der Waals surface area contributed by atoms with Crippen molar-refractivity contribution in [1.82, 2.24) is 10.6 Å². The summed E-state index contributed by atoms with van der Waals surface area (Å²) >= 11 is 5.89. The summed E-state index contributed by atoms with van der Waals surface area (Å²) in [4.78, 5) is 10.6. The molecule has 98 valence electrons. The third-order valence-electron chi connectivity index (χ3n) is 3.11. The van der Waals surface area contributed by atoms with Crippen molar-refractivity contribution in [3.05, 3.63) is 34.9 Å². The topological polar surface area (TPSA) is 67.2 Å². The molecule has 0 spiro atoms. The fourth-order valence-electron chi connectivity index (χ4n) is 2.07. The van der Waals surface area contributed by atoms with Gasteiger partial charge in [-0.1, -0.05) is 23.7 Å². The molecular formula is C13H18ClN3O. The Hall–Kier alpha value is -1.26. The molecule has 0 bridgehead atoms. The van der Waals surface area contributed by atoms with E-state index in [4.69, 9.17) is 17.3 Å². The minimum absolute atomic E-state index is 0.344. The lowest BCUT2D eigenvalue weighted by atomic mass is 10.0. The van der Waals surface area contributed by atoms with Crippen LogP contribution >= 0.6 is 11.6 Å². The van der Waals surface area contributed by atoms with E-state index in [-0.39, 0.29) is 0 Å². The van der Waals surface area contributed by atoms with E-state index in [0.29, 0.717) is 25.0 Å². The Morgan fingerprint density at radius 3 is 2.56 bits per heavy atom. The number of halogens is 1. The molecule has 1 atom stereocenters. The van der Waals surface area contributed by atoms with Crippen molar-refractivity contribution < 1.29 is 4.79 Å². The van der Waals surface area contributed by atoms with Crippen LogP contribution in [0.4, 0.5) is 4.79 Å². The first-order valence-electron chi connectivity index (χ1n) is 6.19. The molecule has 2 rings (SSSR count). The average Bonchev–Trinajstić information content (AvgIpc) is 3.15. The minimum atomic E-state index is -0.480. The maximum absolute atomic E-state index is 10.6. The maximum atomic E-state index is 10.6. The van der Waals surface area contributed by atoms with Gasteiger partial charge in [0.2, 0.25) is 0 Å². The van der Waals surface area contributed by atoms with E-state index in [1.165, 1.54) is 18.4 Å². The first kappa shape index (κ1) is 13.2. The molecule has 18 heavy (non-hydrogen) atoms. The van der Waals surface area contributed by atoms with Crippen molar-refractivity contribution in [3.8, 4) is 0 Å². The second-order valence-electron chi connectivity index (χ2n) is 4.61. The molecule has 0 aliphatic heterocycles. The molecule has 0 aromatic heterocycles. The first-order valence-corrected chi connectivity index (χ1v) is 6.57. The van der Waals surface area contributed by atoms with Gasteiger partial charge in [0.25, 0.3) is 0 Å². The summed E-state index contributed by atoms with van der Waals surface area (Å²) in [5.41, 5.74) is 6.27. The molecular weight excluding hydrogens is 250 g/mol. The number of carbonyl (C=O) groups excluding carboxylic acids is 1. The summed E-state index contributed by atoms with van der Waals surface area (Å²) < 4.78 is 0. The number of hydrogen-bond acceptors (Lipinski definition) is 2. The van der Waals surface area contributed by atoms with Gasteiger partial charge in [-0.3, -0.25) is 0 Å². The summed E-state index contributed by atoms with van der Waals surface area (Å²) in [6.07, 6.45) is 2.51. The molecule has 2 amide bonds. The van der Waals surface area contributed by atoms with Crippen molar-refractivity contribution in [1.29, 1.82) is 0 Å². The van der Waals surface area contributed by atoms with Crippen molar-refractivity contribution in [2.75, 3.05) is 13.1 Å². The molecule has 1 fully saturated rings. The normalized spacial score (nSPS) is 16.3. The van der Waals surface area contributed by atoms with E-state index in [1.807, 2.05) is 12.1 Å². The average molecular weight is 268 g/mol. The van der Waals surface area contributed by atoms with Gasteiger partial charge in [-0.2, -0.15) is 0 Å². The highest BCUT2D eigenvalue weighted by Gasteiger charge is 2.31. The van der Waals surface area contributed by atoms with Gasteiger partial charge >= 0.3 is 6.03 Å². The molecule has 1 aromatic carbocycles. The number of primary amides is 1. The van der Waals surface area contributed by atoms with Gasteiger partial charge in [-0.25, -0.2) is 4.79 Å². The van der Waals surface area contributed by atoms with E-state index in [2.05, 4.69) is 22.8 Å². The lowest BCUT2D eigenvalue weighted by Crippen LogP contribution is -2.36. The largest absolute Gasteiger partial charge is 0.352 e. The summed E-state index contributed by atoms with van der Waals surface area (Å²) in [6.45, 7) is 1.26. The van der Waals surface area contributed by atoms with Gasteiger partial charge in [0.1, 0.15) is 0 Å². The van der Waals surface area contributed by atoms with Crippen LogP contribution in [-0.2, 0) is 0 Å². The number of carbonyl (C=O) groups is 1. The monoisotopic (exact) mass is 267 g/mol. The fourth-order valence-corrected chi connectivity index (χ4v) is 2.20. The van der Waals surface area contributed by atoms with Gasteiger partial charge in [-0.05, 0) is 36.5 Å². The molecule has 1 unspecified atom stereocenters. The second kappa shape index (κ2) is 6.07. The van der Waals surface area contributed by atoms with Crippen molar-refractivity contribution in [3.63, 3.8) is 0 Å². The highest BCUT2D eigenvalue weighted by atomic mass is 35.5. The molecule has 4 nitrogen and oxygen atoms in total. The first-order chi connectivity index (χ1) is 8.66. The molecule has 0 radical (unpaired) electrons. The van der Waals surface area contributed by atoms with Crippen molar-refractivity contribution in [2.24, 2.45) is 11.7 Å². The van der Waals surface area contributed by atoms with Crippen molar-refractivity contribution >= 4 is 17.6 Å². The Morgan fingerprint density at radius 2 is 2.00 bits per heavy atom. The molecule has 1 saturated carbocycles. The Balaban J connectivity index is 1.88. The number of urea groups is 1. The van der Waals surface area contributed by atoms with Crippen LogP contribution < -0.4 is 16.4 Å². The molecule has 5 heteroatoms. The van der Waals surface area contributed by atoms with E-state index in [0.717, 1.165) is 5.02 Å². The van der Waals surface area contributed by atoms with Gasteiger partial charge < -0.3 is 16.4 Å². The number of nitrogens with one attached hydrogen (secondary N) is 2. The zero-order valence-electron chi connectivity index (χ0n) is 10.2. The number of rotatable bonds is 6. The number of benzene rings is 1. The van der Waals surface area contributed by atoms with Crippen LogP contribution in [0.25, 0.3) is 0 Å². The Kier molecular flexibility index (Phi) is 4.44. The second-order valence-corrected chi connectivity index (χ2v) is 5.05. The van der Waals surface area contributed by atoms with Gasteiger partial charge in [-0.15, -0.1) is 0 Å². The molecule has 1 aliphatic carbocycles. The maximum Gasteiger partial charge on any atom is 0.312 e. The summed E-state index contributed by atoms with van der Waals surface area (Å²) in [5, 5.41) is 6.79. The van der Waals surface area contributed by atoms with Gasteiger partial charge in [0, 0.05) is 24.2 Å². The van der Waals surface area contributed by atoms with E-state index < -0.39 is 6.03 Å². The number of amides is 2. The van der Waals surface area contributed by atoms with E-state index >= 15 is 0 Å². The van der Waals surface area contributed by atoms with Crippen LogP contribution in [0.1, 0.15) is 24.4 Å². The number of nitrogens with two attached hydrogens (primary N) is 1. The Morgan fingerprint density at radius 1 is 1.33 bits per heavy atom. The third-order valence-corrected chi connectivity index (χ3v) is 3.36. The molecule has 1 aliphatic rings. The van der Waals surface area contributed by atoms with Crippen LogP contribution in [0, 0.1) is 5.92 Å². The predicted molar refractivity (Wildman–Crippen MR) is 72.5 cm³/mol. The molecule has 0 saturated heterocycles. The lowest BCUT2D eigenvalue weighted by molar-refractivity contribution is 0.248. The SMILES string of the molecule is NC(=O)NCCNC(c1ccc(Cl)cc1)C1CC1. The van der Waals surface area contributed by atoms with Crippen molar-refractivity contribution in [2.45, 2.75) is 18.9 Å². The number of hydrogen-bond donors (Lipinski definition) is 3. The van der Waals surface area contributed by atoms with Gasteiger partial charge in [0.05, 0.1) is 0 Å². The molecule has 4 N–H and O–H groups in total. The summed E-state index contributed by atoms with van der Waals surface area (Å²) in [5.74, 6) is 0.694. The Bertz CT molecular complexity index is 403. The zero-order chi connectivity index (χ0) is 13.0. The van der Waals surface area contributed by atoms with Crippen LogP contribution in [0.3, 0.4) is 0 Å². The van der Waals surface area contributed by atoms with Crippen LogP contribution in [-0.4, -0.2) is 19.1 Å². The quantitative estimate of drug-likeness (QED) is 0.691. The summed E-state index contributed by atoms with van der Waals surface area (Å²) in [6, 6.07) is 7.80. The van der Waals surface area contributed by atoms with Crippen LogP contribution in [0.15, 0.2) is 24.3 Å². The highest BCUT2D eigenvalue weighted by Crippen LogP contribution is 2.41. The van der Waals surface area contributed by atoms with E-state index in [9.17, 15) is 4.79 Å². The molecule has 1 aromatic rings. The fraction of sp³-hybridized carbons (Fsp3) is 0.462. The smallest absolute Gasteiger partial charge is 0.312 e. The standard InChI is InChI=1S/C13H18ClN3O/c14-11-5-3-10(4-6-11)12(9-1-2-9)16-7-8-17-13(15)18/h3-6,9,12,16H,1-2,7-8H2,(H3,15,17,18). The minimum Gasteiger partial charge on any atom is -0.352 e. The highest BCUT2D eigenvalue weighted by molar-refractivity contribution is 6.30. The molecule has 0 heterocycles. The van der Waals surface area contributed by atoms with Gasteiger partial charge in [0.15, 0.2) is 0 Å². The van der Waals surface area contributed by atoms with E-state index in [1.54, 1.807) is 0 Å². The lowest BCUT2D eigenvalue weighted by Gasteiger charge is -2.19. The summed E-state index contributed by atoms with van der Waals surface area (Å²) in [7, 11) is 0.